The van der Waals surface area contributed by atoms with Gasteiger partial charge in [0.15, 0.2) is 0 Å². The Hall–Kier alpha value is -2.02. The van der Waals surface area contributed by atoms with Crippen molar-refractivity contribution >= 4 is 11.9 Å². The number of hydrogen-bond donors (Lipinski definition) is 1. The summed E-state index contributed by atoms with van der Waals surface area (Å²) in [6.45, 7) is 0.941. The molecule has 0 bridgehead atoms. The molecule has 2 aliphatic rings. The van der Waals surface area contributed by atoms with Crippen molar-refractivity contribution in [3.05, 3.63) is 35.4 Å². The lowest BCUT2D eigenvalue weighted by molar-refractivity contribution is -0.148. The van der Waals surface area contributed by atoms with Gasteiger partial charge in [-0.25, -0.2) is 8.78 Å². The van der Waals surface area contributed by atoms with E-state index in [4.69, 9.17) is 9.84 Å². The smallest absolute Gasteiger partial charge is 0.306 e. The van der Waals surface area contributed by atoms with Crippen molar-refractivity contribution in [3.63, 3.8) is 0 Å². The lowest BCUT2D eigenvalue weighted by Gasteiger charge is -2.32. The first-order chi connectivity index (χ1) is 11.0. The number of halogens is 2. The van der Waals surface area contributed by atoms with Crippen LogP contribution in [0.15, 0.2) is 18.2 Å². The molecule has 0 radical (unpaired) electrons. The molecule has 5 nitrogen and oxygen atoms in total. The molecule has 1 saturated carbocycles. The maximum Gasteiger partial charge on any atom is 0.306 e. The fourth-order valence-electron chi connectivity index (χ4n) is 3.09. The number of amides is 1. The second kappa shape index (κ2) is 6.23. The first-order valence-electron chi connectivity index (χ1n) is 7.53. The Morgan fingerprint density at radius 1 is 1.35 bits per heavy atom. The molecule has 3 rings (SSSR count). The minimum absolute atomic E-state index is 0.114. The van der Waals surface area contributed by atoms with Crippen LogP contribution in [-0.4, -0.2) is 47.7 Å². The number of rotatable bonds is 4. The number of ether oxygens (including phenoxy) is 1. The second-order valence-electron chi connectivity index (χ2n) is 5.99. The Kier molecular flexibility index (Phi) is 4.30. The minimum Gasteiger partial charge on any atom is -0.481 e. The van der Waals surface area contributed by atoms with Crippen molar-refractivity contribution in [1.29, 1.82) is 0 Å². The number of morpholine rings is 1. The van der Waals surface area contributed by atoms with Gasteiger partial charge in [0, 0.05) is 25.1 Å². The van der Waals surface area contributed by atoms with E-state index in [0.29, 0.717) is 25.1 Å². The molecule has 1 heterocycles. The van der Waals surface area contributed by atoms with Crippen LogP contribution in [0.4, 0.5) is 8.78 Å². The predicted molar refractivity (Wildman–Crippen MR) is 75.8 cm³/mol. The van der Waals surface area contributed by atoms with E-state index in [2.05, 4.69) is 0 Å². The Bertz CT molecular complexity index is 637. The van der Waals surface area contributed by atoms with Crippen LogP contribution in [0.3, 0.4) is 0 Å². The van der Waals surface area contributed by atoms with Crippen molar-refractivity contribution in [2.75, 3.05) is 19.7 Å². The van der Waals surface area contributed by atoms with Gasteiger partial charge >= 0.3 is 5.97 Å². The molecule has 1 amide bonds. The molecule has 2 fully saturated rings. The van der Waals surface area contributed by atoms with Crippen LogP contribution in [0.25, 0.3) is 0 Å². The Labute approximate surface area is 131 Å². The van der Waals surface area contributed by atoms with Crippen LogP contribution in [0, 0.1) is 17.6 Å². The molecule has 1 N–H and O–H groups in total. The molecule has 1 aliphatic heterocycles. The highest BCUT2D eigenvalue weighted by Crippen LogP contribution is 2.49. The summed E-state index contributed by atoms with van der Waals surface area (Å²) >= 11 is 0. The molecule has 1 aromatic carbocycles. The maximum atomic E-state index is 13.8. The fraction of sp³-hybridized carbons (Fsp3) is 0.500. The highest BCUT2D eigenvalue weighted by atomic mass is 19.1. The van der Waals surface area contributed by atoms with Gasteiger partial charge in [0.05, 0.1) is 19.1 Å². The molecule has 1 aliphatic carbocycles. The van der Waals surface area contributed by atoms with Gasteiger partial charge in [-0.15, -0.1) is 0 Å². The van der Waals surface area contributed by atoms with Crippen LogP contribution in [0.5, 0.6) is 0 Å². The van der Waals surface area contributed by atoms with Gasteiger partial charge in [0.25, 0.3) is 0 Å². The van der Waals surface area contributed by atoms with E-state index in [1.54, 1.807) is 4.90 Å². The molecule has 1 aromatic rings. The zero-order chi connectivity index (χ0) is 16.6. The Morgan fingerprint density at radius 3 is 2.83 bits per heavy atom. The summed E-state index contributed by atoms with van der Waals surface area (Å²) in [5.41, 5.74) is 0.361. The average Bonchev–Trinajstić information content (AvgIpc) is 3.26. The van der Waals surface area contributed by atoms with Crippen molar-refractivity contribution in [3.8, 4) is 0 Å². The molecule has 124 valence electrons. The maximum absolute atomic E-state index is 13.8. The summed E-state index contributed by atoms with van der Waals surface area (Å²) in [4.78, 5) is 24.8. The number of aliphatic carboxylic acids is 1. The molecular formula is C16H17F2NO4. The van der Waals surface area contributed by atoms with Gasteiger partial charge in [-0.2, -0.15) is 0 Å². The van der Waals surface area contributed by atoms with Gasteiger partial charge < -0.3 is 14.7 Å². The van der Waals surface area contributed by atoms with Gasteiger partial charge in [0.2, 0.25) is 5.91 Å². The van der Waals surface area contributed by atoms with Crippen molar-refractivity contribution in [2.45, 2.75) is 24.9 Å². The average molecular weight is 325 g/mol. The van der Waals surface area contributed by atoms with Gasteiger partial charge in [0.1, 0.15) is 11.6 Å². The zero-order valence-corrected chi connectivity index (χ0v) is 12.4. The third-order valence-corrected chi connectivity index (χ3v) is 4.32. The molecular weight excluding hydrogens is 308 g/mol. The van der Waals surface area contributed by atoms with Crippen LogP contribution >= 0.6 is 0 Å². The van der Waals surface area contributed by atoms with Crippen LogP contribution in [-0.2, 0) is 14.3 Å². The molecule has 3 atom stereocenters. The van der Waals surface area contributed by atoms with Gasteiger partial charge in [-0.3, -0.25) is 9.59 Å². The summed E-state index contributed by atoms with van der Waals surface area (Å²) < 4.78 is 32.1. The van der Waals surface area contributed by atoms with E-state index in [9.17, 15) is 18.4 Å². The van der Waals surface area contributed by atoms with Crippen LogP contribution in [0.1, 0.15) is 24.3 Å². The SMILES string of the molecule is O=C(O)C[C@@H]1CN(C(=O)[C@H]2C[C@H]2c2ccc(F)cc2F)CCO1. The van der Waals surface area contributed by atoms with E-state index in [-0.39, 0.29) is 30.7 Å². The zero-order valence-electron chi connectivity index (χ0n) is 12.4. The first kappa shape index (κ1) is 15.9. The fourth-order valence-corrected chi connectivity index (χ4v) is 3.09. The van der Waals surface area contributed by atoms with Crippen LogP contribution < -0.4 is 0 Å². The third kappa shape index (κ3) is 3.50. The molecule has 23 heavy (non-hydrogen) atoms. The summed E-state index contributed by atoms with van der Waals surface area (Å²) in [6.07, 6.45) is -0.128. The van der Waals surface area contributed by atoms with Gasteiger partial charge in [-0.05, 0) is 24.0 Å². The molecule has 1 saturated heterocycles. The van der Waals surface area contributed by atoms with E-state index in [1.807, 2.05) is 0 Å². The summed E-state index contributed by atoms with van der Waals surface area (Å²) in [5.74, 6) is -2.91. The Balaban J connectivity index is 1.62. The number of carbonyl (C=O) groups excluding carboxylic acids is 1. The lowest BCUT2D eigenvalue weighted by Crippen LogP contribution is -2.47. The van der Waals surface area contributed by atoms with Crippen molar-refractivity contribution in [2.24, 2.45) is 5.92 Å². The summed E-state index contributed by atoms with van der Waals surface area (Å²) in [5, 5.41) is 8.80. The lowest BCUT2D eigenvalue weighted by atomic mass is 10.1. The monoisotopic (exact) mass is 325 g/mol. The van der Waals surface area contributed by atoms with Crippen molar-refractivity contribution in [1.82, 2.24) is 4.90 Å². The van der Waals surface area contributed by atoms with E-state index < -0.39 is 23.7 Å². The molecule has 7 heteroatoms. The minimum atomic E-state index is -0.970. The second-order valence-corrected chi connectivity index (χ2v) is 5.99. The van der Waals surface area contributed by atoms with E-state index in [1.165, 1.54) is 12.1 Å². The Morgan fingerprint density at radius 2 is 2.13 bits per heavy atom. The molecule has 0 aromatic heterocycles. The van der Waals surface area contributed by atoms with Crippen LogP contribution in [0.2, 0.25) is 0 Å². The number of carbonyl (C=O) groups is 2. The number of carboxylic acids is 1. The molecule has 0 unspecified atom stereocenters. The summed E-state index contributed by atoms with van der Waals surface area (Å²) in [6, 6.07) is 3.40. The number of carboxylic acid groups (broad SMARTS) is 1. The summed E-state index contributed by atoms with van der Waals surface area (Å²) in [7, 11) is 0. The number of benzene rings is 1. The quantitative estimate of drug-likeness (QED) is 0.916. The third-order valence-electron chi connectivity index (χ3n) is 4.32. The highest BCUT2D eigenvalue weighted by molar-refractivity contribution is 5.83. The normalized spacial score (nSPS) is 26.9. The van der Waals surface area contributed by atoms with Gasteiger partial charge in [-0.1, -0.05) is 6.07 Å². The van der Waals surface area contributed by atoms with E-state index >= 15 is 0 Å². The number of hydrogen-bond acceptors (Lipinski definition) is 3. The largest absolute Gasteiger partial charge is 0.481 e. The van der Waals surface area contributed by atoms with Crippen molar-refractivity contribution < 1.29 is 28.2 Å². The standard InChI is InChI=1S/C16H17F2NO4/c17-9-1-2-11(14(18)5-9)12-7-13(12)16(22)19-3-4-23-10(8-19)6-15(20)21/h1-2,5,10,12-13H,3-4,6-8H2,(H,20,21)/t10-,12+,13+/m1/s1. The van der Waals surface area contributed by atoms with E-state index in [0.717, 1.165) is 6.07 Å². The molecule has 0 spiro atoms. The number of nitrogens with zero attached hydrogens (tertiary/aromatic N) is 1. The topological polar surface area (TPSA) is 66.8 Å². The predicted octanol–water partition coefficient (Wildman–Crippen LogP) is 1.77. The first-order valence-corrected chi connectivity index (χ1v) is 7.53. The highest BCUT2D eigenvalue weighted by Gasteiger charge is 2.47.